The summed E-state index contributed by atoms with van der Waals surface area (Å²) in [5.74, 6) is 1.19. The molecule has 1 amide bonds. The Labute approximate surface area is 82.5 Å². The van der Waals surface area contributed by atoms with Gasteiger partial charge in [-0.1, -0.05) is 0 Å². The number of amides is 1. The molecule has 1 atom stereocenters. The molecular weight excluding hydrogens is 210 g/mol. The van der Waals surface area contributed by atoms with E-state index in [9.17, 15) is 13.2 Å². The van der Waals surface area contributed by atoms with Gasteiger partial charge in [0.1, 0.15) is 0 Å². The first-order valence-corrected chi connectivity index (χ1v) is 6.98. The molecule has 0 bridgehead atoms. The molecule has 6 heteroatoms. The number of rotatable bonds is 3. The van der Waals surface area contributed by atoms with Crippen molar-refractivity contribution in [3.05, 3.63) is 0 Å². The molecule has 1 rings (SSSR count). The number of carbonyl (C=O) groups excluding carboxylic acids is 1. The van der Waals surface area contributed by atoms with Gasteiger partial charge in [-0.25, -0.2) is 8.42 Å². The second-order valence-corrected chi connectivity index (χ2v) is 6.09. The van der Waals surface area contributed by atoms with E-state index in [4.69, 9.17) is 0 Å². The third-order valence-electron chi connectivity index (χ3n) is 1.94. The van der Waals surface area contributed by atoms with Crippen molar-refractivity contribution < 1.29 is 13.2 Å². The SMILES string of the molecule is CCS(=O)(=O)NC(=O)C1CCSC1. The van der Waals surface area contributed by atoms with Crippen LogP contribution in [0.4, 0.5) is 0 Å². The predicted octanol–water partition coefficient (Wildman–Crippen LogP) is 0.205. The maximum Gasteiger partial charge on any atom is 0.237 e. The van der Waals surface area contributed by atoms with E-state index < -0.39 is 10.0 Å². The van der Waals surface area contributed by atoms with Gasteiger partial charge in [-0.15, -0.1) is 0 Å². The summed E-state index contributed by atoms with van der Waals surface area (Å²) >= 11 is 1.69. The van der Waals surface area contributed by atoms with Crippen molar-refractivity contribution in [1.29, 1.82) is 0 Å². The highest BCUT2D eigenvalue weighted by Crippen LogP contribution is 2.23. The van der Waals surface area contributed by atoms with E-state index in [0.29, 0.717) is 0 Å². The van der Waals surface area contributed by atoms with Crippen LogP contribution in [-0.2, 0) is 14.8 Å². The van der Waals surface area contributed by atoms with Crippen LogP contribution >= 0.6 is 11.8 Å². The average molecular weight is 223 g/mol. The lowest BCUT2D eigenvalue weighted by molar-refractivity contribution is -0.122. The Kier molecular flexibility index (Phi) is 3.61. The smallest absolute Gasteiger partial charge is 0.237 e. The molecule has 0 aliphatic carbocycles. The highest BCUT2D eigenvalue weighted by molar-refractivity contribution is 7.99. The first-order valence-electron chi connectivity index (χ1n) is 4.17. The van der Waals surface area contributed by atoms with Crippen molar-refractivity contribution in [2.75, 3.05) is 17.3 Å². The Morgan fingerprint density at radius 2 is 2.31 bits per heavy atom. The van der Waals surface area contributed by atoms with E-state index in [0.717, 1.165) is 17.9 Å². The lowest BCUT2D eigenvalue weighted by atomic mass is 10.1. The fourth-order valence-corrected chi connectivity index (χ4v) is 2.89. The fourth-order valence-electron chi connectivity index (χ4n) is 1.05. The van der Waals surface area contributed by atoms with Gasteiger partial charge in [0, 0.05) is 11.7 Å². The van der Waals surface area contributed by atoms with Gasteiger partial charge in [0.15, 0.2) is 0 Å². The second kappa shape index (κ2) is 4.32. The molecule has 1 aliphatic rings. The zero-order valence-electron chi connectivity index (χ0n) is 7.45. The monoisotopic (exact) mass is 223 g/mol. The lowest BCUT2D eigenvalue weighted by Gasteiger charge is -2.08. The number of carbonyl (C=O) groups is 1. The minimum Gasteiger partial charge on any atom is -0.274 e. The van der Waals surface area contributed by atoms with E-state index >= 15 is 0 Å². The number of hydrogen-bond donors (Lipinski definition) is 1. The highest BCUT2D eigenvalue weighted by atomic mass is 32.2. The summed E-state index contributed by atoms with van der Waals surface area (Å²) in [7, 11) is -3.36. The van der Waals surface area contributed by atoms with Crippen LogP contribution < -0.4 is 4.72 Å². The van der Waals surface area contributed by atoms with Crippen molar-refractivity contribution in [2.24, 2.45) is 5.92 Å². The predicted molar refractivity (Wildman–Crippen MR) is 53.0 cm³/mol. The molecule has 1 unspecified atom stereocenters. The fraction of sp³-hybridized carbons (Fsp3) is 0.857. The summed E-state index contributed by atoms with van der Waals surface area (Å²) in [6, 6.07) is 0. The van der Waals surface area contributed by atoms with Crippen LogP contribution in [0.25, 0.3) is 0 Å². The highest BCUT2D eigenvalue weighted by Gasteiger charge is 2.25. The van der Waals surface area contributed by atoms with Crippen LogP contribution in [0.2, 0.25) is 0 Å². The lowest BCUT2D eigenvalue weighted by Crippen LogP contribution is -2.36. The molecule has 0 spiro atoms. The van der Waals surface area contributed by atoms with Crippen LogP contribution in [0.15, 0.2) is 0 Å². The summed E-state index contributed by atoms with van der Waals surface area (Å²) in [4.78, 5) is 11.3. The summed E-state index contributed by atoms with van der Waals surface area (Å²) in [6.45, 7) is 1.51. The molecule has 1 heterocycles. The molecule has 1 N–H and O–H groups in total. The number of nitrogens with one attached hydrogen (secondary N) is 1. The van der Waals surface area contributed by atoms with Gasteiger partial charge in [0.25, 0.3) is 0 Å². The van der Waals surface area contributed by atoms with E-state index in [1.807, 2.05) is 0 Å². The quantitative estimate of drug-likeness (QED) is 0.742. The molecule has 0 radical (unpaired) electrons. The average Bonchev–Trinajstić information content (AvgIpc) is 2.55. The molecule has 4 nitrogen and oxygen atoms in total. The van der Waals surface area contributed by atoms with Crippen molar-refractivity contribution in [3.8, 4) is 0 Å². The van der Waals surface area contributed by atoms with Crippen molar-refractivity contribution >= 4 is 27.7 Å². The van der Waals surface area contributed by atoms with Crippen LogP contribution in [0.3, 0.4) is 0 Å². The van der Waals surface area contributed by atoms with Crippen LogP contribution in [0, 0.1) is 5.92 Å². The topological polar surface area (TPSA) is 63.2 Å². The molecule has 0 saturated carbocycles. The molecule has 1 aliphatic heterocycles. The van der Waals surface area contributed by atoms with Crippen molar-refractivity contribution in [1.82, 2.24) is 4.72 Å². The Balaban J connectivity index is 2.49. The zero-order valence-corrected chi connectivity index (χ0v) is 9.08. The van der Waals surface area contributed by atoms with Crippen LogP contribution in [0.1, 0.15) is 13.3 Å². The normalized spacial score (nSPS) is 23.0. The van der Waals surface area contributed by atoms with Gasteiger partial charge < -0.3 is 0 Å². The third kappa shape index (κ3) is 3.19. The van der Waals surface area contributed by atoms with Crippen LogP contribution in [-0.4, -0.2) is 31.6 Å². The molecule has 0 aromatic carbocycles. The Hall–Kier alpha value is -0.230. The van der Waals surface area contributed by atoms with E-state index in [1.165, 1.54) is 6.92 Å². The molecule has 13 heavy (non-hydrogen) atoms. The number of sulfonamides is 1. The minimum atomic E-state index is -3.36. The second-order valence-electron chi connectivity index (χ2n) is 2.93. The summed E-state index contributed by atoms with van der Waals surface area (Å²) in [5, 5.41) is 0. The maximum atomic E-state index is 11.3. The summed E-state index contributed by atoms with van der Waals surface area (Å²) in [5.41, 5.74) is 0. The third-order valence-corrected chi connectivity index (χ3v) is 4.37. The maximum absolute atomic E-state index is 11.3. The molecule has 0 aromatic rings. The number of thioether (sulfide) groups is 1. The van der Waals surface area contributed by atoms with Gasteiger partial charge in [0.05, 0.1) is 5.75 Å². The van der Waals surface area contributed by atoms with Crippen molar-refractivity contribution in [3.63, 3.8) is 0 Å². The summed E-state index contributed by atoms with van der Waals surface area (Å²) < 4.78 is 24.1. The van der Waals surface area contributed by atoms with E-state index in [2.05, 4.69) is 4.72 Å². The molecule has 1 saturated heterocycles. The first kappa shape index (κ1) is 10.8. The number of hydrogen-bond acceptors (Lipinski definition) is 4. The van der Waals surface area contributed by atoms with Gasteiger partial charge in [-0.2, -0.15) is 11.8 Å². The van der Waals surface area contributed by atoms with Crippen molar-refractivity contribution in [2.45, 2.75) is 13.3 Å². The van der Waals surface area contributed by atoms with E-state index in [-0.39, 0.29) is 17.6 Å². The molecular formula is C7H13NO3S2. The molecule has 1 fully saturated rings. The van der Waals surface area contributed by atoms with Gasteiger partial charge in [-0.3, -0.25) is 9.52 Å². The molecule has 0 aromatic heterocycles. The Bertz CT molecular complexity index is 280. The largest absolute Gasteiger partial charge is 0.274 e. The Morgan fingerprint density at radius 3 is 2.77 bits per heavy atom. The van der Waals surface area contributed by atoms with Gasteiger partial charge in [-0.05, 0) is 19.1 Å². The minimum absolute atomic E-state index is 0.0431. The zero-order chi connectivity index (χ0) is 9.90. The van der Waals surface area contributed by atoms with Gasteiger partial charge >= 0.3 is 0 Å². The van der Waals surface area contributed by atoms with E-state index in [1.54, 1.807) is 11.8 Å². The Morgan fingerprint density at radius 1 is 1.62 bits per heavy atom. The first-order chi connectivity index (χ1) is 6.05. The standard InChI is InChI=1S/C7H13NO3S2/c1-2-13(10,11)8-7(9)6-3-4-12-5-6/h6H,2-5H2,1H3,(H,8,9). The summed E-state index contributed by atoms with van der Waals surface area (Å²) in [6.07, 6.45) is 0.787. The van der Waals surface area contributed by atoms with Gasteiger partial charge in [0.2, 0.25) is 15.9 Å². The molecule has 76 valence electrons. The van der Waals surface area contributed by atoms with Crippen LogP contribution in [0.5, 0.6) is 0 Å².